The van der Waals surface area contributed by atoms with Crippen LogP contribution in [0.1, 0.15) is 24.1 Å². The van der Waals surface area contributed by atoms with Gasteiger partial charge in [-0.2, -0.15) is 16.7 Å². The van der Waals surface area contributed by atoms with Crippen LogP contribution in [0.15, 0.2) is 4.52 Å². The van der Waals surface area contributed by atoms with Gasteiger partial charge >= 0.3 is 0 Å². The van der Waals surface area contributed by atoms with Gasteiger partial charge in [-0.15, -0.1) is 0 Å². The largest absolute Gasteiger partial charge is 0.381 e. The number of rotatable bonds is 3. The van der Waals surface area contributed by atoms with Crippen molar-refractivity contribution in [1.29, 1.82) is 0 Å². The Balaban J connectivity index is 2.06. The van der Waals surface area contributed by atoms with Crippen molar-refractivity contribution >= 4 is 11.8 Å². The second-order valence-corrected chi connectivity index (χ2v) is 4.48. The van der Waals surface area contributed by atoms with Gasteiger partial charge in [0, 0.05) is 12.6 Å². The van der Waals surface area contributed by atoms with E-state index in [0.29, 0.717) is 12.5 Å². The van der Waals surface area contributed by atoms with Gasteiger partial charge in [-0.25, -0.2) is 0 Å². The molecule has 6 heteroatoms. The molecule has 15 heavy (non-hydrogen) atoms. The lowest BCUT2D eigenvalue weighted by Crippen LogP contribution is -2.37. The van der Waals surface area contributed by atoms with Crippen LogP contribution in [0.4, 0.5) is 0 Å². The minimum absolute atomic E-state index is 0.0573. The molecule has 0 amide bonds. The number of hydrogen-bond donors (Lipinski definition) is 1. The molecule has 0 bridgehead atoms. The normalized spacial score (nSPS) is 26.8. The van der Waals surface area contributed by atoms with Crippen LogP contribution in [0.3, 0.4) is 0 Å². The molecule has 0 spiro atoms. The van der Waals surface area contributed by atoms with Gasteiger partial charge < -0.3 is 15.0 Å². The fourth-order valence-corrected chi connectivity index (χ4v) is 1.99. The molecule has 2 heterocycles. The summed E-state index contributed by atoms with van der Waals surface area (Å²) in [6.07, 6.45) is 2.86. The molecule has 84 valence electrons. The maximum absolute atomic E-state index is 5.98. The Morgan fingerprint density at radius 2 is 2.47 bits per heavy atom. The minimum atomic E-state index is 0.0573. The monoisotopic (exact) mass is 229 g/mol. The molecule has 5 nitrogen and oxygen atoms in total. The zero-order valence-electron chi connectivity index (χ0n) is 8.68. The molecule has 0 saturated carbocycles. The molecule has 1 aliphatic rings. The Morgan fingerprint density at radius 1 is 1.60 bits per heavy atom. The number of nitrogens with zero attached hydrogens (tertiary/aromatic N) is 2. The Labute approximate surface area is 92.7 Å². The average Bonchev–Trinajstić information content (AvgIpc) is 2.68. The summed E-state index contributed by atoms with van der Waals surface area (Å²) >= 11 is 1.67. The van der Waals surface area contributed by atoms with Crippen LogP contribution < -0.4 is 5.73 Å². The predicted molar refractivity (Wildman–Crippen MR) is 57.7 cm³/mol. The molecule has 1 aromatic rings. The highest BCUT2D eigenvalue weighted by Crippen LogP contribution is 2.23. The number of ether oxygens (including phenoxy) is 1. The third-order valence-corrected chi connectivity index (χ3v) is 3.03. The summed E-state index contributed by atoms with van der Waals surface area (Å²) in [4.78, 5) is 4.32. The zero-order chi connectivity index (χ0) is 10.7. The van der Waals surface area contributed by atoms with Crippen molar-refractivity contribution < 1.29 is 9.26 Å². The average molecular weight is 229 g/mol. The standard InChI is InChI=1S/C9H15N3O2S/c1-15-5-8-11-9(14-12-8)6-4-13-3-2-7(6)10/h6-7H,2-5,10H2,1H3. The summed E-state index contributed by atoms with van der Waals surface area (Å²) in [6.45, 7) is 1.31. The lowest BCUT2D eigenvalue weighted by Gasteiger charge is -2.25. The van der Waals surface area contributed by atoms with Crippen LogP contribution in [0.2, 0.25) is 0 Å². The summed E-state index contributed by atoms with van der Waals surface area (Å²) < 4.78 is 10.6. The van der Waals surface area contributed by atoms with Crippen LogP contribution in [0.5, 0.6) is 0 Å². The van der Waals surface area contributed by atoms with Crippen LogP contribution in [-0.2, 0) is 10.5 Å². The summed E-state index contributed by atoms with van der Waals surface area (Å²) in [5, 5.41) is 3.90. The van der Waals surface area contributed by atoms with Crippen molar-refractivity contribution in [2.75, 3.05) is 19.5 Å². The Hall–Kier alpha value is -0.590. The van der Waals surface area contributed by atoms with Gasteiger partial charge in [0.15, 0.2) is 5.82 Å². The SMILES string of the molecule is CSCc1noc(C2COCCC2N)n1. The van der Waals surface area contributed by atoms with Crippen LogP contribution in [0, 0.1) is 0 Å². The number of hydrogen-bond acceptors (Lipinski definition) is 6. The third kappa shape index (κ3) is 2.50. The molecule has 1 fully saturated rings. The second-order valence-electron chi connectivity index (χ2n) is 3.62. The first kappa shape index (κ1) is 10.9. The fourth-order valence-electron chi connectivity index (χ4n) is 1.61. The van der Waals surface area contributed by atoms with Crippen molar-refractivity contribution in [2.24, 2.45) is 5.73 Å². The highest BCUT2D eigenvalue weighted by atomic mass is 32.2. The first-order valence-electron chi connectivity index (χ1n) is 4.96. The molecule has 1 aromatic heterocycles. The predicted octanol–water partition coefficient (Wildman–Crippen LogP) is 0.764. The van der Waals surface area contributed by atoms with E-state index in [1.165, 1.54) is 0 Å². The van der Waals surface area contributed by atoms with E-state index in [2.05, 4.69) is 10.1 Å². The number of nitrogens with two attached hydrogens (primary N) is 1. The van der Waals surface area contributed by atoms with Crippen LogP contribution in [-0.4, -0.2) is 35.7 Å². The quantitative estimate of drug-likeness (QED) is 0.825. The Bertz CT molecular complexity index is 318. The molecule has 2 unspecified atom stereocenters. The van der Waals surface area contributed by atoms with E-state index in [1.807, 2.05) is 6.26 Å². The maximum Gasteiger partial charge on any atom is 0.233 e. The Morgan fingerprint density at radius 3 is 3.20 bits per heavy atom. The van der Waals surface area contributed by atoms with Crippen LogP contribution >= 0.6 is 11.8 Å². The van der Waals surface area contributed by atoms with Crippen molar-refractivity contribution in [3.8, 4) is 0 Å². The Kier molecular flexibility index (Phi) is 3.61. The highest BCUT2D eigenvalue weighted by molar-refractivity contribution is 7.97. The smallest absolute Gasteiger partial charge is 0.233 e. The van der Waals surface area contributed by atoms with E-state index in [4.69, 9.17) is 15.0 Å². The minimum Gasteiger partial charge on any atom is -0.381 e. The lowest BCUT2D eigenvalue weighted by atomic mass is 9.97. The van der Waals surface area contributed by atoms with E-state index >= 15 is 0 Å². The molecule has 1 aliphatic heterocycles. The second kappa shape index (κ2) is 4.96. The number of thioether (sulfide) groups is 1. The van der Waals surface area contributed by atoms with Gasteiger partial charge in [0.25, 0.3) is 0 Å². The van der Waals surface area contributed by atoms with Gasteiger partial charge in [0.05, 0.1) is 18.3 Å². The molecule has 0 aliphatic carbocycles. The summed E-state index contributed by atoms with van der Waals surface area (Å²) in [7, 11) is 0. The van der Waals surface area contributed by atoms with E-state index in [1.54, 1.807) is 11.8 Å². The molecule has 0 aromatic carbocycles. The van der Waals surface area contributed by atoms with Gasteiger partial charge in [0.2, 0.25) is 5.89 Å². The molecule has 1 saturated heterocycles. The topological polar surface area (TPSA) is 74.2 Å². The van der Waals surface area contributed by atoms with E-state index in [9.17, 15) is 0 Å². The molecular weight excluding hydrogens is 214 g/mol. The summed E-state index contributed by atoms with van der Waals surface area (Å²) in [5.74, 6) is 2.18. The van der Waals surface area contributed by atoms with Gasteiger partial charge in [0.1, 0.15) is 0 Å². The number of aromatic nitrogens is 2. The van der Waals surface area contributed by atoms with Crippen molar-refractivity contribution in [2.45, 2.75) is 24.1 Å². The highest BCUT2D eigenvalue weighted by Gasteiger charge is 2.28. The first-order valence-corrected chi connectivity index (χ1v) is 6.35. The first-order chi connectivity index (χ1) is 7.31. The van der Waals surface area contributed by atoms with Gasteiger partial charge in [-0.05, 0) is 12.7 Å². The van der Waals surface area contributed by atoms with Gasteiger partial charge in [-0.1, -0.05) is 5.16 Å². The van der Waals surface area contributed by atoms with E-state index in [-0.39, 0.29) is 12.0 Å². The molecule has 2 N–H and O–H groups in total. The van der Waals surface area contributed by atoms with Crippen molar-refractivity contribution in [3.63, 3.8) is 0 Å². The fraction of sp³-hybridized carbons (Fsp3) is 0.778. The summed E-state index contributed by atoms with van der Waals surface area (Å²) in [6, 6.07) is 0.0707. The van der Waals surface area contributed by atoms with Gasteiger partial charge in [-0.3, -0.25) is 0 Å². The molecule has 2 rings (SSSR count). The van der Waals surface area contributed by atoms with E-state index in [0.717, 1.165) is 24.6 Å². The molecule has 2 atom stereocenters. The molecule has 0 radical (unpaired) electrons. The maximum atomic E-state index is 5.98. The van der Waals surface area contributed by atoms with E-state index < -0.39 is 0 Å². The van der Waals surface area contributed by atoms with Crippen LogP contribution in [0.25, 0.3) is 0 Å². The summed E-state index contributed by atoms with van der Waals surface area (Å²) in [5.41, 5.74) is 5.98. The molecular formula is C9H15N3O2S. The van der Waals surface area contributed by atoms with Crippen molar-refractivity contribution in [3.05, 3.63) is 11.7 Å². The van der Waals surface area contributed by atoms with Crippen molar-refractivity contribution in [1.82, 2.24) is 10.1 Å². The lowest BCUT2D eigenvalue weighted by molar-refractivity contribution is 0.0590. The third-order valence-electron chi connectivity index (χ3n) is 2.48. The zero-order valence-corrected chi connectivity index (χ0v) is 9.50.